The molecule has 0 N–H and O–H groups in total. The second-order valence-electron chi connectivity index (χ2n) is 8.23. The lowest BCUT2D eigenvalue weighted by Gasteiger charge is -2.15. The van der Waals surface area contributed by atoms with Crippen LogP contribution in [0.25, 0.3) is 16.8 Å². The van der Waals surface area contributed by atoms with Crippen molar-refractivity contribution < 1.29 is 14.4 Å². The van der Waals surface area contributed by atoms with E-state index < -0.39 is 11.8 Å². The van der Waals surface area contributed by atoms with Gasteiger partial charge in [0.05, 0.1) is 27.5 Å². The van der Waals surface area contributed by atoms with Crippen molar-refractivity contribution in [3.63, 3.8) is 0 Å². The van der Waals surface area contributed by atoms with Gasteiger partial charge < -0.3 is 0 Å². The third-order valence-corrected chi connectivity index (χ3v) is 7.70. The van der Waals surface area contributed by atoms with Gasteiger partial charge in [-0.1, -0.05) is 66.7 Å². The van der Waals surface area contributed by atoms with Crippen molar-refractivity contribution in [2.24, 2.45) is 4.99 Å². The third kappa shape index (κ3) is 3.98. The minimum absolute atomic E-state index is 0.205. The van der Waals surface area contributed by atoms with E-state index in [9.17, 15) is 14.4 Å². The van der Waals surface area contributed by atoms with E-state index in [-0.39, 0.29) is 16.4 Å². The van der Waals surface area contributed by atoms with Gasteiger partial charge in [-0.25, -0.2) is 9.88 Å². The zero-order valence-electron chi connectivity index (χ0n) is 19.5. The number of thioether (sulfide) groups is 1. The summed E-state index contributed by atoms with van der Waals surface area (Å²) in [5.41, 5.74) is 3.61. The number of aliphatic imine (C=N–C) groups is 1. The molecule has 180 valence electrons. The Kier molecular flexibility index (Phi) is 5.78. The number of carbonyl (C=O) groups excluding carboxylic acids is 3. The van der Waals surface area contributed by atoms with Gasteiger partial charge in [0.2, 0.25) is 11.0 Å². The molecule has 1 saturated heterocycles. The average molecular weight is 523 g/mol. The van der Waals surface area contributed by atoms with Crippen LogP contribution in [0.3, 0.4) is 0 Å². The molecule has 1 aromatic heterocycles. The number of fused-ring (bicyclic) bond motifs is 1. The number of amides is 3. The number of aromatic nitrogens is 1. The summed E-state index contributed by atoms with van der Waals surface area (Å²) in [7, 11) is 0. The van der Waals surface area contributed by atoms with Crippen molar-refractivity contribution >= 4 is 68.1 Å². The summed E-state index contributed by atoms with van der Waals surface area (Å²) in [6.45, 7) is 1.34. The third-order valence-electron chi connectivity index (χ3n) is 5.92. The van der Waals surface area contributed by atoms with E-state index in [0.29, 0.717) is 27.2 Å². The highest BCUT2D eigenvalue weighted by molar-refractivity contribution is 8.19. The van der Waals surface area contributed by atoms with Crippen molar-refractivity contribution in [2.45, 2.75) is 6.92 Å². The van der Waals surface area contributed by atoms with E-state index >= 15 is 0 Å². The second-order valence-corrected chi connectivity index (χ2v) is 10.0. The van der Waals surface area contributed by atoms with Gasteiger partial charge in [0.15, 0.2) is 5.17 Å². The van der Waals surface area contributed by atoms with Crippen molar-refractivity contribution in [1.82, 2.24) is 4.98 Å². The Bertz CT molecular complexity index is 1630. The molecule has 1 fully saturated rings. The molecule has 3 heterocycles. The van der Waals surface area contributed by atoms with Gasteiger partial charge in [-0.2, -0.15) is 4.99 Å². The molecule has 37 heavy (non-hydrogen) atoms. The number of imide groups is 1. The molecule has 3 aromatic carbocycles. The summed E-state index contributed by atoms with van der Waals surface area (Å²) in [4.78, 5) is 51.8. The number of rotatable bonds is 3. The smallest absolute Gasteiger partial charge is 0.272 e. The van der Waals surface area contributed by atoms with Crippen molar-refractivity contribution in [1.29, 1.82) is 0 Å². The van der Waals surface area contributed by atoms with E-state index in [1.54, 1.807) is 24.3 Å². The van der Waals surface area contributed by atoms with E-state index in [1.807, 2.05) is 66.0 Å². The van der Waals surface area contributed by atoms with Crippen LogP contribution in [-0.4, -0.2) is 27.9 Å². The van der Waals surface area contributed by atoms with Crippen molar-refractivity contribution in [3.8, 4) is 11.3 Å². The fourth-order valence-corrected chi connectivity index (χ4v) is 6.12. The number of thiazole rings is 1. The van der Waals surface area contributed by atoms with E-state index in [2.05, 4.69) is 4.98 Å². The molecule has 0 atom stereocenters. The van der Waals surface area contributed by atoms with Gasteiger partial charge in [0.25, 0.3) is 11.8 Å². The van der Waals surface area contributed by atoms with Gasteiger partial charge in [-0.05, 0) is 30.0 Å². The lowest BCUT2D eigenvalue weighted by molar-refractivity contribution is -0.122. The van der Waals surface area contributed by atoms with Gasteiger partial charge in [0.1, 0.15) is 0 Å². The summed E-state index contributed by atoms with van der Waals surface area (Å²) >= 11 is 2.48. The number of nitrogens with zero attached hydrogens (tertiary/aromatic N) is 4. The van der Waals surface area contributed by atoms with Crippen molar-refractivity contribution in [2.75, 3.05) is 9.80 Å². The Morgan fingerprint density at radius 2 is 1.54 bits per heavy atom. The van der Waals surface area contributed by atoms with E-state index in [4.69, 9.17) is 4.99 Å². The first-order valence-corrected chi connectivity index (χ1v) is 13.1. The molecule has 6 rings (SSSR count). The Balaban J connectivity index is 1.48. The standard InChI is InChI=1S/C28H18N4O3S2/c1-17(33)31-22-15-9-8-14-20(22)23(25(31)34)24-26(35)32(19-12-6-3-7-13-19)28(37-24)30-27-29-21(16-36-27)18-10-4-2-5-11-18/h2-16H,1H3/b24-23-,30-28+. The fourth-order valence-electron chi connectivity index (χ4n) is 4.29. The molecule has 0 unspecified atom stereocenters. The zero-order valence-corrected chi connectivity index (χ0v) is 21.1. The minimum Gasteiger partial charge on any atom is -0.274 e. The maximum absolute atomic E-state index is 13.8. The summed E-state index contributed by atoms with van der Waals surface area (Å²) in [6, 6.07) is 25.9. The molecule has 2 aliphatic heterocycles. The molecule has 2 aliphatic rings. The van der Waals surface area contributed by atoms with Gasteiger partial charge in [0, 0.05) is 23.4 Å². The van der Waals surface area contributed by atoms with Crippen LogP contribution in [0.15, 0.2) is 100 Å². The van der Waals surface area contributed by atoms with Crippen LogP contribution < -0.4 is 9.80 Å². The first kappa shape index (κ1) is 23.1. The Labute approximate surface area is 220 Å². The normalized spacial score (nSPS) is 18.1. The number of carbonyl (C=O) groups is 3. The summed E-state index contributed by atoms with van der Waals surface area (Å²) < 4.78 is 0. The molecular weight excluding hydrogens is 504 g/mol. The Morgan fingerprint density at radius 1 is 0.865 bits per heavy atom. The maximum atomic E-state index is 13.8. The molecule has 0 radical (unpaired) electrons. The summed E-state index contributed by atoms with van der Waals surface area (Å²) in [5.74, 6) is -1.30. The molecular formula is C28H18N4O3S2. The molecule has 0 aliphatic carbocycles. The SMILES string of the molecule is CC(=O)N1C(=O)/C(=C2\S/C(=N/c3nc(-c4ccccc4)cs3)N(c3ccccc3)C2=O)c2ccccc21. The van der Waals surface area contributed by atoms with Crippen LogP contribution in [-0.2, 0) is 14.4 Å². The molecule has 0 spiro atoms. The predicted molar refractivity (Wildman–Crippen MR) is 148 cm³/mol. The van der Waals surface area contributed by atoms with Crippen LogP contribution in [0, 0.1) is 0 Å². The average Bonchev–Trinajstić information content (AvgIpc) is 3.59. The lowest BCUT2D eigenvalue weighted by Crippen LogP contribution is -2.32. The number of benzene rings is 3. The number of amidine groups is 1. The van der Waals surface area contributed by atoms with Gasteiger partial charge >= 0.3 is 0 Å². The van der Waals surface area contributed by atoms with Gasteiger partial charge in [-0.15, -0.1) is 11.3 Å². The van der Waals surface area contributed by atoms with Crippen LogP contribution >= 0.6 is 23.1 Å². The lowest BCUT2D eigenvalue weighted by atomic mass is 10.1. The van der Waals surface area contributed by atoms with Crippen LogP contribution in [0.5, 0.6) is 0 Å². The first-order valence-electron chi connectivity index (χ1n) is 11.4. The highest BCUT2D eigenvalue weighted by Crippen LogP contribution is 2.46. The number of para-hydroxylation sites is 2. The zero-order chi connectivity index (χ0) is 25.5. The monoisotopic (exact) mass is 522 g/mol. The van der Waals surface area contributed by atoms with Crippen LogP contribution in [0.2, 0.25) is 0 Å². The first-order chi connectivity index (χ1) is 18.0. The highest BCUT2D eigenvalue weighted by atomic mass is 32.2. The molecule has 0 bridgehead atoms. The van der Waals surface area contributed by atoms with Crippen LogP contribution in [0.4, 0.5) is 16.5 Å². The largest absolute Gasteiger partial charge is 0.274 e. The molecule has 9 heteroatoms. The molecule has 4 aromatic rings. The quantitative estimate of drug-likeness (QED) is 0.314. The van der Waals surface area contributed by atoms with Crippen molar-refractivity contribution in [3.05, 3.63) is 101 Å². The Hall–Kier alpha value is -4.34. The molecule has 0 saturated carbocycles. The summed E-state index contributed by atoms with van der Waals surface area (Å²) in [5, 5.41) is 2.80. The second kappa shape index (κ2) is 9.27. The van der Waals surface area contributed by atoms with E-state index in [1.165, 1.54) is 23.2 Å². The number of anilines is 2. The Morgan fingerprint density at radius 3 is 2.27 bits per heavy atom. The van der Waals surface area contributed by atoms with Gasteiger partial charge in [-0.3, -0.25) is 19.3 Å². The highest BCUT2D eigenvalue weighted by Gasteiger charge is 2.44. The number of hydrogen-bond donors (Lipinski definition) is 0. The number of hydrogen-bond acceptors (Lipinski definition) is 7. The molecule has 7 nitrogen and oxygen atoms in total. The van der Waals surface area contributed by atoms with Crippen LogP contribution in [0.1, 0.15) is 12.5 Å². The minimum atomic E-state index is -0.514. The van der Waals surface area contributed by atoms with E-state index in [0.717, 1.165) is 27.9 Å². The maximum Gasteiger partial charge on any atom is 0.272 e. The summed E-state index contributed by atoms with van der Waals surface area (Å²) in [6.07, 6.45) is 0. The topological polar surface area (TPSA) is 82.9 Å². The predicted octanol–water partition coefficient (Wildman–Crippen LogP) is 5.88. The fraction of sp³-hybridized carbons (Fsp3) is 0.0357. The molecule has 3 amide bonds.